The molecule has 1 aliphatic rings. The lowest BCUT2D eigenvalue weighted by Gasteiger charge is -2.35. The summed E-state index contributed by atoms with van der Waals surface area (Å²) < 4.78 is 32.0. The first-order valence-electron chi connectivity index (χ1n) is 8.17. The van der Waals surface area contributed by atoms with Gasteiger partial charge >= 0.3 is 0 Å². The fourth-order valence-corrected chi connectivity index (χ4v) is 4.30. The van der Waals surface area contributed by atoms with E-state index in [0.29, 0.717) is 17.3 Å². The highest BCUT2D eigenvalue weighted by Gasteiger charge is 2.40. The average Bonchev–Trinajstić information content (AvgIpc) is 3.10. The van der Waals surface area contributed by atoms with Crippen molar-refractivity contribution in [2.45, 2.75) is 17.7 Å². The molecule has 1 aliphatic heterocycles. The Morgan fingerprint density at radius 3 is 2.59 bits per heavy atom. The lowest BCUT2D eigenvalue weighted by molar-refractivity contribution is 0.101. The van der Waals surface area contributed by atoms with Crippen molar-refractivity contribution in [2.24, 2.45) is 0 Å². The van der Waals surface area contributed by atoms with Crippen LogP contribution < -0.4 is 0 Å². The highest BCUT2D eigenvalue weighted by Crippen LogP contribution is 2.32. The van der Waals surface area contributed by atoms with Crippen LogP contribution in [0.1, 0.15) is 29.1 Å². The Kier molecular flexibility index (Phi) is 4.28. The van der Waals surface area contributed by atoms with Gasteiger partial charge in [-0.2, -0.15) is 9.29 Å². The summed E-state index contributed by atoms with van der Waals surface area (Å²) in [5.74, 6) is 0.579. The van der Waals surface area contributed by atoms with Gasteiger partial charge in [0.15, 0.2) is 5.78 Å². The van der Waals surface area contributed by atoms with Crippen LogP contribution in [0.25, 0.3) is 11.6 Å². The molecule has 9 nitrogen and oxygen atoms in total. The highest BCUT2D eigenvalue weighted by molar-refractivity contribution is 7.89. The van der Waals surface area contributed by atoms with E-state index in [0.717, 1.165) is 0 Å². The van der Waals surface area contributed by atoms with Crippen LogP contribution in [0.5, 0.6) is 0 Å². The second-order valence-electron chi connectivity index (χ2n) is 6.13. The molecule has 10 heteroatoms. The maximum absolute atomic E-state index is 12.7. The standard InChI is InChI=1S/C17H15N5O4S/c1-11(23)12-4-2-5-14(8-12)27(24,25)22-9-13(10-22)17-20-16(21-26-17)15-18-6-3-7-19-15/h2-8,13H,9-10H2,1H3. The lowest BCUT2D eigenvalue weighted by atomic mass is 10.0. The molecule has 138 valence electrons. The lowest BCUT2D eigenvalue weighted by Crippen LogP contribution is -2.48. The average molecular weight is 385 g/mol. The first kappa shape index (κ1) is 17.4. The Morgan fingerprint density at radius 1 is 1.15 bits per heavy atom. The summed E-state index contributed by atoms with van der Waals surface area (Å²) in [6.07, 6.45) is 3.15. The van der Waals surface area contributed by atoms with Gasteiger partial charge in [0.1, 0.15) is 0 Å². The number of Topliss-reactive ketones (excluding diaryl/α,β-unsaturated/α-hetero) is 1. The fourth-order valence-electron chi connectivity index (χ4n) is 2.72. The minimum atomic E-state index is -3.68. The summed E-state index contributed by atoms with van der Waals surface area (Å²) in [5.41, 5.74) is 0.359. The Morgan fingerprint density at radius 2 is 1.89 bits per heavy atom. The first-order chi connectivity index (χ1) is 12.9. The first-order valence-corrected chi connectivity index (χ1v) is 9.61. The van der Waals surface area contributed by atoms with E-state index in [9.17, 15) is 13.2 Å². The van der Waals surface area contributed by atoms with Crippen molar-refractivity contribution in [1.29, 1.82) is 0 Å². The van der Waals surface area contributed by atoms with E-state index in [-0.39, 0.29) is 35.5 Å². The molecule has 0 bridgehead atoms. The number of aromatic nitrogens is 4. The third-order valence-electron chi connectivity index (χ3n) is 4.28. The second-order valence-corrected chi connectivity index (χ2v) is 8.07. The fraction of sp³-hybridized carbons (Fsp3) is 0.235. The molecule has 0 amide bonds. The van der Waals surface area contributed by atoms with E-state index >= 15 is 0 Å². The van der Waals surface area contributed by atoms with E-state index in [1.165, 1.54) is 23.4 Å². The molecule has 0 N–H and O–H groups in total. The van der Waals surface area contributed by atoms with Crippen molar-refractivity contribution in [3.8, 4) is 11.6 Å². The van der Waals surface area contributed by atoms with E-state index < -0.39 is 10.0 Å². The van der Waals surface area contributed by atoms with Crippen molar-refractivity contribution in [1.82, 2.24) is 24.4 Å². The molecule has 1 saturated heterocycles. The van der Waals surface area contributed by atoms with Gasteiger partial charge < -0.3 is 4.52 Å². The molecule has 1 aromatic carbocycles. The van der Waals surface area contributed by atoms with Crippen LogP contribution in [0.15, 0.2) is 52.1 Å². The number of carbonyl (C=O) groups is 1. The zero-order valence-corrected chi connectivity index (χ0v) is 15.1. The van der Waals surface area contributed by atoms with E-state index in [1.807, 2.05) is 0 Å². The molecule has 1 fully saturated rings. The summed E-state index contributed by atoms with van der Waals surface area (Å²) in [7, 11) is -3.68. The molecule has 0 radical (unpaired) electrons. The van der Waals surface area contributed by atoms with Crippen molar-refractivity contribution >= 4 is 15.8 Å². The molecular weight excluding hydrogens is 370 g/mol. The van der Waals surface area contributed by atoms with Gasteiger partial charge in [-0.25, -0.2) is 18.4 Å². The third kappa shape index (κ3) is 3.24. The normalized spacial score (nSPS) is 15.4. The van der Waals surface area contributed by atoms with Crippen molar-refractivity contribution < 1.29 is 17.7 Å². The molecule has 0 spiro atoms. The minimum Gasteiger partial charge on any atom is -0.338 e. The molecule has 4 rings (SSSR count). The summed E-state index contributed by atoms with van der Waals surface area (Å²) in [6, 6.07) is 7.70. The van der Waals surface area contributed by atoms with Gasteiger partial charge in [0.25, 0.3) is 0 Å². The second kappa shape index (κ2) is 6.63. The van der Waals surface area contributed by atoms with E-state index in [1.54, 1.807) is 30.6 Å². The predicted octanol–water partition coefficient (Wildman–Crippen LogP) is 1.52. The number of hydrogen-bond acceptors (Lipinski definition) is 8. The van der Waals surface area contributed by atoms with Crippen molar-refractivity contribution in [3.05, 3.63) is 54.2 Å². The molecule has 0 unspecified atom stereocenters. The molecule has 0 atom stereocenters. The Balaban J connectivity index is 1.48. The molecular formula is C17H15N5O4S. The van der Waals surface area contributed by atoms with Gasteiger partial charge in [-0.3, -0.25) is 4.79 Å². The van der Waals surface area contributed by atoms with Gasteiger partial charge in [0.2, 0.25) is 27.6 Å². The number of ketones is 1. The molecule has 0 aliphatic carbocycles. The van der Waals surface area contributed by atoms with Crippen LogP contribution in [-0.4, -0.2) is 51.7 Å². The van der Waals surface area contributed by atoms with Crippen LogP contribution in [0, 0.1) is 0 Å². The van der Waals surface area contributed by atoms with Crippen molar-refractivity contribution in [3.63, 3.8) is 0 Å². The third-order valence-corrected chi connectivity index (χ3v) is 6.11. The maximum atomic E-state index is 12.7. The Hall–Kier alpha value is -2.98. The monoisotopic (exact) mass is 385 g/mol. The Bertz CT molecular complexity index is 1090. The van der Waals surface area contributed by atoms with Crippen molar-refractivity contribution in [2.75, 3.05) is 13.1 Å². The summed E-state index contributed by atoms with van der Waals surface area (Å²) in [6.45, 7) is 1.85. The van der Waals surface area contributed by atoms with Crippen LogP contribution in [-0.2, 0) is 10.0 Å². The summed E-state index contributed by atoms with van der Waals surface area (Å²) >= 11 is 0. The van der Waals surface area contributed by atoms with Crippen LogP contribution in [0.4, 0.5) is 0 Å². The number of hydrogen-bond donors (Lipinski definition) is 0. The molecule has 27 heavy (non-hydrogen) atoms. The molecule has 2 aromatic heterocycles. The highest BCUT2D eigenvalue weighted by atomic mass is 32.2. The Labute approximate surface area is 155 Å². The zero-order valence-electron chi connectivity index (χ0n) is 14.3. The smallest absolute Gasteiger partial charge is 0.243 e. The van der Waals surface area contributed by atoms with Gasteiger partial charge in [-0.15, -0.1) is 0 Å². The van der Waals surface area contributed by atoms with Crippen LogP contribution >= 0.6 is 0 Å². The SMILES string of the molecule is CC(=O)c1cccc(S(=O)(=O)N2CC(c3nc(-c4ncccn4)no3)C2)c1. The number of nitrogens with zero attached hydrogens (tertiary/aromatic N) is 5. The van der Waals surface area contributed by atoms with Gasteiger partial charge in [0, 0.05) is 31.0 Å². The number of benzene rings is 1. The number of sulfonamides is 1. The van der Waals surface area contributed by atoms with E-state index in [2.05, 4.69) is 20.1 Å². The van der Waals surface area contributed by atoms with Gasteiger partial charge in [-0.05, 0) is 25.1 Å². The summed E-state index contributed by atoms with van der Waals surface area (Å²) in [5, 5.41) is 3.85. The molecule has 0 saturated carbocycles. The predicted molar refractivity (Wildman–Crippen MR) is 93.3 cm³/mol. The number of rotatable bonds is 5. The maximum Gasteiger partial charge on any atom is 0.243 e. The molecule has 3 aromatic rings. The topological polar surface area (TPSA) is 119 Å². The molecule has 3 heterocycles. The quantitative estimate of drug-likeness (QED) is 0.606. The van der Waals surface area contributed by atoms with Crippen LogP contribution in [0.2, 0.25) is 0 Å². The largest absolute Gasteiger partial charge is 0.338 e. The minimum absolute atomic E-state index is 0.0950. The van der Waals surface area contributed by atoms with Gasteiger partial charge in [-0.1, -0.05) is 17.3 Å². The zero-order chi connectivity index (χ0) is 19.0. The van der Waals surface area contributed by atoms with Gasteiger partial charge in [0.05, 0.1) is 10.8 Å². The summed E-state index contributed by atoms with van der Waals surface area (Å²) in [4.78, 5) is 23.9. The van der Waals surface area contributed by atoms with Crippen LogP contribution in [0.3, 0.4) is 0 Å². The number of carbonyl (C=O) groups excluding carboxylic acids is 1. The van der Waals surface area contributed by atoms with E-state index in [4.69, 9.17) is 4.52 Å².